The van der Waals surface area contributed by atoms with Crippen LogP contribution in [0, 0.1) is 6.92 Å². The molecule has 0 aliphatic heterocycles. The number of hydrogen-bond acceptors (Lipinski definition) is 1. The van der Waals surface area contributed by atoms with Crippen LogP contribution in [0.5, 0.6) is 0 Å². The van der Waals surface area contributed by atoms with Gasteiger partial charge < -0.3 is 0 Å². The quantitative estimate of drug-likeness (QED) is 0.670. The van der Waals surface area contributed by atoms with Crippen molar-refractivity contribution in [3.63, 3.8) is 0 Å². The molecule has 0 saturated heterocycles. The van der Waals surface area contributed by atoms with Crippen molar-refractivity contribution >= 4 is 38.9 Å². The van der Waals surface area contributed by atoms with E-state index in [9.17, 15) is 0 Å². The van der Waals surface area contributed by atoms with E-state index in [1.165, 1.54) is 16.7 Å². The van der Waals surface area contributed by atoms with Crippen LogP contribution in [0.4, 0.5) is 0 Å². The van der Waals surface area contributed by atoms with Crippen LogP contribution >= 0.6 is 38.9 Å². The summed E-state index contributed by atoms with van der Waals surface area (Å²) in [6.45, 7) is 2.08. The van der Waals surface area contributed by atoms with E-state index in [4.69, 9.17) is 11.6 Å². The first-order valence-corrected chi connectivity index (χ1v) is 7.25. The van der Waals surface area contributed by atoms with Crippen molar-refractivity contribution in [3.8, 4) is 0 Å². The fourth-order valence-corrected chi connectivity index (χ4v) is 2.93. The highest BCUT2D eigenvalue weighted by Gasteiger charge is 2.10. The number of thiophene rings is 1. The van der Waals surface area contributed by atoms with Crippen molar-refractivity contribution in [2.24, 2.45) is 0 Å². The van der Waals surface area contributed by atoms with Gasteiger partial charge in [-0.1, -0.05) is 28.1 Å². The van der Waals surface area contributed by atoms with Crippen molar-refractivity contribution in [1.82, 2.24) is 0 Å². The molecule has 84 valence electrons. The number of alkyl halides is 1. The van der Waals surface area contributed by atoms with Gasteiger partial charge in [-0.15, -0.1) is 11.6 Å². The zero-order valence-electron chi connectivity index (χ0n) is 8.91. The first-order chi connectivity index (χ1) is 7.66. The standard InChI is InChI=1S/C13H12BrClS/c1-9-2-3-11(7-12(9)14)13(15)6-10-4-5-16-8-10/h2-5,7-8,13H,6H2,1H3. The van der Waals surface area contributed by atoms with Gasteiger partial charge in [-0.2, -0.15) is 11.3 Å². The zero-order valence-corrected chi connectivity index (χ0v) is 12.1. The third kappa shape index (κ3) is 2.88. The predicted molar refractivity (Wildman–Crippen MR) is 75.5 cm³/mol. The monoisotopic (exact) mass is 314 g/mol. The van der Waals surface area contributed by atoms with E-state index < -0.39 is 0 Å². The van der Waals surface area contributed by atoms with Gasteiger partial charge in [0.15, 0.2) is 0 Å². The summed E-state index contributed by atoms with van der Waals surface area (Å²) in [6.07, 6.45) is 0.889. The minimum atomic E-state index is 0.0477. The molecule has 1 aromatic heterocycles. The fourth-order valence-electron chi connectivity index (χ4n) is 1.54. The third-order valence-corrected chi connectivity index (χ3v) is 4.55. The van der Waals surface area contributed by atoms with E-state index in [-0.39, 0.29) is 5.38 Å². The maximum atomic E-state index is 6.41. The lowest BCUT2D eigenvalue weighted by atomic mass is 10.0. The highest BCUT2D eigenvalue weighted by Crippen LogP contribution is 2.29. The Morgan fingerprint density at radius 3 is 2.81 bits per heavy atom. The first-order valence-electron chi connectivity index (χ1n) is 5.08. The Labute approximate surface area is 113 Å². The number of halogens is 2. The van der Waals surface area contributed by atoms with Gasteiger partial charge in [0, 0.05) is 4.47 Å². The zero-order chi connectivity index (χ0) is 11.5. The summed E-state index contributed by atoms with van der Waals surface area (Å²) in [5, 5.41) is 4.29. The molecule has 1 heterocycles. The Balaban J connectivity index is 2.14. The molecule has 0 bridgehead atoms. The predicted octanol–water partition coefficient (Wildman–Crippen LogP) is 5.34. The van der Waals surface area contributed by atoms with Gasteiger partial charge in [-0.05, 0) is 52.9 Å². The largest absolute Gasteiger partial charge is 0.152 e. The van der Waals surface area contributed by atoms with Crippen LogP contribution in [0.3, 0.4) is 0 Å². The molecule has 0 spiro atoms. The number of aryl methyl sites for hydroxylation is 1. The second-order valence-corrected chi connectivity index (χ2v) is 5.97. The Morgan fingerprint density at radius 1 is 1.38 bits per heavy atom. The lowest BCUT2D eigenvalue weighted by Crippen LogP contribution is -1.95. The van der Waals surface area contributed by atoms with Crippen LogP contribution in [0.1, 0.15) is 22.1 Å². The molecule has 1 atom stereocenters. The van der Waals surface area contributed by atoms with Crippen molar-refractivity contribution in [3.05, 3.63) is 56.2 Å². The molecule has 0 aliphatic rings. The molecule has 2 rings (SSSR count). The van der Waals surface area contributed by atoms with Crippen LogP contribution in [-0.2, 0) is 6.42 Å². The smallest absolute Gasteiger partial charge is 0.0626 e. The molecule has 0 N–H and O–H groups in total. The van der Waals surface area contributed by atoms with Gasteiger partial charge in [0.1, 0.15) is 0 Å². The highest BCUT2D eigenvalue weighted by molar-refractivity contribution is 9.10. The van der Waals surface area contributed by atoms with Gasteiger partial charge in [0.2, 0.25) is 0 Å². The molecule has 1 unspecified atom stereocenters. The minimum Gasteiger partial charge on any atom is -0.152 e. The molecule has 0 aliphatic carbocycles. The molecule has 0 fully saturated rings. The second kappa shape index (κ2) is 5.35. The summed E-state index contributed by atoms with van der Waals surface area (Å²) in [5.74, 6) is 0. The van der Waals surface area contributed by atoms with Gasteiger partial charge in [-0.25, -0.2) is 0 Å². The minimum absolute atomic E-state index is 0.0477. The molecule has 2 aromatic rings. The average Bonchev–Trinajstić information content (AvgIpc) is 2.74. The Kier molecular flexibility index (Phi) is 4.06. The normalized spacial score (nSPS) is 12.7. The third-order valence-electron chi connectivity index (χ3n) is 2.55. The lowest BCUT2D eigenvalue weighted by molar-refractivity contribution is 0.922. The summed E-state index contributed by atoms with van der Waals surface area (Å²) in [6, 6.07) is 8.44. The molecule has 1 aromatic carbocycles. The van der Waals surface area contributed by atoms with E-state index >= 15 is 0 Å². The second-order valence-electron chi connectivity index (χ2n) is 3.81. The summed E-state index contributed by atoms with van der Waals surface area (Å²) >= 11 is 11.7. The number of hydrogen-bond donors (Lipinski definition) is 0. The number of benzene rings is 1. The Morgan fingerprint density at radius 2 is 2.19 bits per heavy atom. The Hall–Kier alpha value is -0.310. The fraction of sp³-hybridized carbons (Fsp3) is 0.231. The van der Waals surface area contributed by atoms with E-state index in [1.54, 1.807) is 11.3 Å². The summed E-state index contributed by atoms with van der Waals surface area (Å²) in [5.41, 5.74) is 3.72. The molecular weight excluding hydrogens is 304 g/mol. The van der Waals surface area contributed by atoms with E-state index in [1.807, 2.05) is 0 Å². The molecule has 0 amide bonds. The van der Waals surface area contributed by atoms with Crippen molar-refractivity contribution in [2.45, 2.75) is 18.7 Å². The molecule has 16 heavy (non-hydrogen) atoms. The lowest BCUT2D eigenvalue weighted by Gasteiger charge is -2.10. The molecular formula is C13H12BrClS. The summed E-state index contributed by atoms with van der Waals surface area (Å²) in [7, 11) is 0. The molecule has 0 saturated carbocycles. The van der Waals surface area contributed by atoms with Gasteiger partial charge in [0.05, 0.1) is 5.38 Å². The summed E-state index contributed by atoms with van der Waals surface area (Å²) < 4.78 is 1.13. The SMILES string of the molecule is Cc1ccc(C(Cl)Cc2ccsc2)cc1Br. The molecule has 3 heteroatoms. The van der Waals surface area contributed by atoms with Crippen molar-refractivity contribution < 1.29 is 0 Å². The van der Waals surface area contributed by atoms with Crippen molar-refractivity contribution in [1.29, 1.82) is 0 Å². The van der Waals surface area contributed by atoms with E-state index in [0.717, 1.165) is 10.9 Å². The van der Waals surface area contributed by atoms with Gasteiger partial charge >= 0.3 is 0 Å². The first kappa shape index (κ1) is 12.2. The van der Waals surface area contributed by atoms with E-state index in [2.05, 4.69) is 57.9 Å². The molecule has 0 radical (unpaired) electrons. The van der Waals surface area contributed by atoms with E-state index in [0.29, 0.717) is 0 Å². The maximum Gasteiger partial charge on any atom is 0.0626 e. The van der Waals surface area contributed by atoms with Crippen molar-refractivity contribution in [2.75, 3.05) is 0 Å². The average molecular weight is 316 g/mol. The van der Waals surface area contributed by atoms with Gasteiger partial charge in [-0.3, -0.25) is 0 Å². The topological polar surface area (TPSA) is 0 Å². The van der Waals surface area contributed by atoms with Crippen LogP contribution in [-0.4, -0.2) is 0 Å². The highest BCUT2D eigenvalue weighted by atomic mass is 79.9. The van der Waals surface area contributed by atoms with Gasteiger partial charge in [0.25, 0.3) is 0 Å². The van der Waals surface area contributed by atoms with Crippen LogP contribution < -0.4 is 0 Å². The number of rotatable bonds is 3. The van der Waals surface area contributed by atoms with Crippen LogP contribution in [0.25, 0.3) is 0 Å². The summed E-state index contributed by atoms with van der Waals surface area (Å²) in [4.78, 5) is 0. The van der Waals surface area contributed by atoms with Crippen LogP contribution in [0.15, 0.2) is 39.5 Å². The van der Waals surface area contributed by atoms with Crippen LogP contribution in [0.2, 0.25) is 0 Å². The molecule has 0 nitrogen and oxygen atoms in total. The Bertz CT molecular complexity index is 465. The maximum absolute atomic E-state index is 6.41.